The molecule has 4 nitrogen and oxygen atoms in total. The van der Waals surface area contributed by atoms with Gasteiger partial charge < -0.3 is 17.7 Å². The average Bonchev–Trinajstić information content (AvgIpc) is 3.41. The van der Waals surface area contributed by atoms with Gasteiger partial charge in [-0.25, -0.2) is 0 Å². The van der Waals surface area contributed by atoms with Crippen LogP contribution in [-0.4, -0.2) is 9.05 Å². The van der Waals surface area contributed by atoms with E-state index in [1.165, 1.54) is 66.8 Å². The highest BCUT2D eigenvalue weighted by Gasteiger charge is 2.60. The summed E-state index contributed by atoms with van der Waals surface area (Å²) in [6.07, 6.45) is 33.3. The van der Waals surface area contributed by atoms with E-state index in [1.54, 1.807) is 22.3 Å². The fourth-order valence-electron chi connectivity index (χ4n) is 13.0. The SMILES string of the molecule is CCCc1cc(O[Si](Oc2cc(CCC)c(CCC)c(CCC)c2CCC)(Oc2cc(CCC)c(CCC)c(CCC)c2CCC)Oc2cc(CCC)c(CCC)c(CCC)c2CCC)c(CCC)c(CCC)c1CCC. The van der Waals surface area contributed by atoms with E-state index < -0.39 is 9.05 Å². The van der Waals surface area contributed by atoms with Crippen LogP contribution in [-0.2, 0) is 103 Å². The fraction of sp³-hybridized carbons (Fsp3) is 0.667. The summed E-state index contributed by atoms with van der Waals surface area (Å²) in [7, 11) is -4.51. The summed E-state index contributed by atoms with van der Waals surface area (Å²) in [5.41, 5.74) is 23.1. The average molecular weight is 1070 g/mol. The van der Waals surface area contributed by atoms with Crippen LogP contribution in [0.4, 0.5) is 0 Å². The Labute approximate surface area is 476 Å². The fourth-order valence-corrected chi connectivity index (χ4v) is 15.0. The van der Waals surface area contributed by atoms with E-state index in [1.807, 2.05) is 0 Å². The standard InChI is InChI=1S/C72H116O4Si/c1-17-33-53-49-69(65(45-29-13)61(41-25-9)57(53)37-21-5)73-77(74-70-50-54(34-18-2)58(38-22-6)62(42-26-10)66(70)46-30-14,75-71-51-55(35-19-3)59(39-23-7)63(43-27-11)67(71)47-31-15)76-72-52-56(36-20-4)60(40-24-8)64(44-28-12)68(72)48-32-16/h49-52H,17-48H2,1-16H3. The van der Waals surface area contributed by atoms with Crippen molar-refractivity contribution in [3.8, 4) is 23.0 Å². The van der Waals surface area contributed by atoms with Crippen LogP contribution in [0.5, 0.6) is 23.0 Å². The van der Waals surface area contributed by atoms with Crippen molar-refractivity contribution in [1.29, 1.82) is 0 Å². The molecule has 77 heavy (non-hydrogen) atoms. The molecule has 4 rings (SSSR count). The third-order valence-corrected chi connectivity index (χ3v) is 17.8. The molecule has 0 amide bonds. The van der Waals surface area contributed by atoms with Crippen LogP contribution in [0.15, 0.2) is 24.3 Å². The molecule has 4 aromatic carbocycles. The molecule has 0 aromatic heterocycles. The first-order valence-electron chi connectivity index (χ1n) is 32.9. The zero-order valence-corrected chi connectivity index (χ0v) is 54.1. The number of hydrogen-bond donors (Lipinski definition) is 0. The topological polar surface area (TPSA) is 36.9 Å². The molecule has 0 aliphatic carbocycles. The first kappa shape index (κ1) is 65.8. The van der Waals surface area contributed by atoms with Gasteiger partial charge in [0.15, 0.2) is 0 Å². The minimum absolute atomic E-state index is 0.914. The molecule has 0 spiro atoms. The van der Waals surface area contributed by atoms with Crippen LogP contribution < -0.4 is 17.7 Å². The molecule has 4 aromatic rings. The van der Waals surface area contributed by atoms with Crippen molar-refractivity contribution in [2.75, 3.05) is 0 Å². The first-order chi connectivity index (χ1) is 37.5. The van der Waals surface area contributed by atoms with Crippen molar-refractivity contribution >= 4 is 9.05 Å². The summed E-state index contributed by atoms with van der Waals surface area (Å²) in [5.74, 6) is 3.66. The zero-order chi connectivity index (χ0) is 56.3. The molecule has 5 heteroatoms. The molecule has 0 bridgehead atoms. The van der Waals surface area contributed by atoms with Gasteiger partial charge in [-0.1, -0.05) is 214 Å². The van der Waals surface area contributed by atoms with Crippen molar-refractivity contribution in [1.82, 2.24) is 0 Å². The summed E-state index contributed by atoms with van der Waals surface area (Å²) in [6.45, 7) is 37.5. The van der Waals surface area contributed by atoms with Gasteiger partial charge in [0.25, 0.3) is 0 Å². The van der Waals surface area contributed by atoms with Gasteiger partial charge in [-0.05, 0) is 216 Å². The summed E-state index contributed by atoms with van der Waals surface area (Å²) in [5, 5.41) is 0. The monoisotopic (exact) mass is 1070 g/mol. The molecular weight excluding hydrogens is 957 g/mol. The van der Waals surface area contributed by atoms with E-state index in [2.05, 4.69) is 135 Å². The number of hydrogen-bond acceptors (Lipinski definition) is 4. The maximum Gasteiger partial charge on any atom is 0.966 e. The molecule has 0 heterocycles. The minimum atomic E-state index is -4.51. The van der Waals surface area contributed by atoms with Crippen molar-refractivity contribution in [2.24, 2.45) is 0 Å². The van der Waals surface area contributed by atoms with Gasteiger partial charge in [-0.3, -0.25) is 0 Å². The molecule has 0 aliphatic heterocycles. The van der Waals surface area contributed by atoms with Crippen LogP contribution >= 0.6 is 0 Å². The van der Waals surface area contributed by atoms with Crippen LogP contribution in [0.2, 0.25) is 0 Å². The Kier molecular flexibility index (Phi) is 30.0. The predicted octanol–water partition coefficient (Wildman–Crippen LogP) is 21.0. The normalized spacial score (nSPS) is 11.7. The van der Waals surface area contributed by atoms with Gasteiger partial charge in [-0.15, -0.1) is 0 Å². The number of aryl methyl sites for hydroxylation is 4. The van der Waals surface area contributed by atoms with E-state index in [0.717, 1.165) is 228 Å². The van der Waals surface area contributed by atoms with E-state index in [0.29, 0.717) is 0 Å². The third kappa shape index (κ3) is 17.2. The van der Waals surface area contributed by atoms with E-state index in [9.17, 15) is 0 Å². The van der Waals surface area contributed by atoms with Crippen molar-refractivity contribution in [3.63, 3.8) is 0 Å². The van der Waals surface area contributed by atoms with Crippen molar-refractivity contribution in [3.05, 3.63) is 113 Å². The predicted molar refractivity (Wildman–Crippen MR) is 338 cm³/mol. The van der Waals surface area contributed by atoms with Gasteiger partial charge in [0.05, 0.1) is 0 Å². The first-order valence-corrected chi connectivity index (χ1v) is 34.5. The maximum absolute atomic E-state index is 8.31. The molecule has 432 valence electrons. The lowest BCUT2D eigenvalue weighted by molar-refractivity contribution is 0.157. The maximum atomic E-state index is 8.31. The Morgan fingerprint density at radius 2 is 0.338 bits per heavy atom. The summed E-state index contributed by atoms with van der Waals surface area (Å²) in [6, 6.07) is 9.79. The molecule has 0 saturated heterocycles. The van der Waals surface area contributed by atoms with Crippen LogP contribution in [0.25, 0.3) is 0 Å². The van der Waals surface area contributed by atoms with Gasteiger partial charge in [-0.2, -0.15) is 0 Å². The van der Waals surface area contributed by atoms with Gasteiger partial charge in [0.2, 0.25) is 0 Å². The van der Waals surface area contributed by atoms with E-state index in [4.69, 9.17) is 17.7 Å². The van der Waals surface area contributed by atoms with Crippen LogP contribution in [0, 0.1) is 0 Å². The highest BCUT2D eigenvalue weighted by molar-refractivity contribution is 6.57. The van der Waals surface area contributed by atoms with Crippen LogP contribution in [0.3, 0.4) is 0 Å². The quantitative estimate of drug-likeness (QED) is 0.0416. The molecule has 0 fully saturated rings. The Hall–Kier alpha value is -3.70. The summed E-state index contributed by atoms with van der Waals surface area (Å²) >= 11 is 0. The Morgan fingerprint density at radius 3 is 0.494 bits per heavy atom. The summed E-state index contributed by atoms with van der Waals surface area (Å²) < 4.78 is 33.2. The zero-order valence-electron chi connectivity index (χ0n) is 53.1. The van der Waals surface area contributed by atoms with Gasteiger partial charge >= 0.3 is 9.05 Å². The van der Waals surface area contributed by atoms with Crippen molar-refractivity contribution < 1.29 is 17.7 Å². The highest BCUT2D eigenvalue weighted by atomic mass is 28.4. The lowest BCUT2D eigenvalue weighted by atomic mass is 9.86. The second-order valence-electron chi connectivity index (χ2n) is 22.8. The smallest absolute Gasteiger partial charge is 0.452 e. The largest absolute Gasteiger partial charge is 0.966 e. The van der Waals surface area contributed by atoms with Crippen LogP contribution in [0.1, 0.15) is 303 Å². The van der Waals surface area contributed by atoms with Crippen molar-refractivity contribution in [2.45, 2.75) is 316 Å². The minimum Gasteiger partial charge on any atom is -0.452 e. The third-order valence-electron chi connectivity index (χ3n) is 15.9. The number of rotatable bonds is 40. The second kappa shape index (κ2) is 35.1. The molecule has 0 atom stereocenters. The lowest BCUT2D eigenvalue weighted by Gasteiger charge is -2.34. The lowest BCUT2D eigenvalue weighted by Crippen LogP contribution is -2.61. The molecule has 0 N–H and O–H groups in total. The Bertz CT molecular complexity index is 2040. The molecule has 0 saturated carbocycles. The summed E-state index contributed by atoms with van der Waals surface area (Å²) in [4.78, 5) is 0. The van der Waals surface area contributed by atoms with Gasteiger partial charge in [0.1, 0.15) is 23.0 Å². The second-order valence-corrected chi connectivity index (χ2v) is 24.6. The molecular formula is C72H116O4Si. The van der Waals surface area contributed by atoms with Gasteiger partial charge in [0, 0.05) is 0 Å². The number of benzene rings is 4. The molecule has 0 radical (unpaired) electrons. The van der Waals surface area contributed by atoms with E-state index in [-0.39, 0.29) is 0 Å². The molecule has 0 unspecified atom stereocenters. The molecule has 0 aliphatic rings. The highest BCUT2D eigenvalue weighted by Crippen LogP contribution is 2.43. The Morgan fingerprint density at radius 1 is 0.195 bits per heavy atom. The van der Waals surface area contributed by atoms with E-state index >= 15 is 0 Å². The Balaban J connectivity index is 2.49.